The number of β-lactam (4-membered cyclic amide) rings is 1. The largest absolute Gasteiger partial charge is 0.348 e. The van der Waals surface area contributed by atoms with Gasteiger partial charge in [-0.05, 0) is 25.5 Å². The Bertz CT molecular complexity index is 387. The predicted octanol–water partition coefficient (Wildman–Crippen LogP) is 2.65. The second-order valence-corrected chi connectivity index (χ2v) is 5.00. The van der Waals surface area contributed by atoms with Crippen molar-refractivity contribution in [3.8, 4) is 0 Å². The van der Waals surface area contributed by atoms with Gasteiger partial charge in [0.15, 0.2) is 0 Å². The molecule has 1 aliphatic heterocycles. The van der Waals surface area contributed by atoms with E-state index in [2.05, 4.69) is 21.2 Å². The lowest BCUT2D eigenvalue weighted by molar-refractivity contribution is -0.143. The average molecular weight is 254 g/mol. The number of benzene rings is 1. The molecule has 1 aliphatic rings. The van der Waals surface area contributed by atoms with Crippen LogP contribution < -0.4 is 5.32 Å². The van der Waals surface area contributed by atoms with E-state index in [0.717, 1.165) is 10.0 Å². The highest BCUT2D eigenvalue weighted by atomic mass is 79.9. The molecule has 0 radical (unpaired) electrons. The molecule has 2 nitrogen and oxygen atoms in total. The molecule has 1 aromatic carbocycles. The lowest BCUT2D eigenvalue weighted by atomic mass is 9.73. The number of carbonyl (C=O) groups excluding carboxylic acids is 1. The molecule has 0 spiro atoms. The fraction of sp³-hybridized carbons (Fsp3) is 0.364. The van der Waals surface area contributed by atoms with E-state index in [4.69, 9.17) is 0 Å². The Labute approximate surface area is 91.8 Å². The van der Waals surface area contributed by atoms with E-state index in [1.165, 1.54) is 0 Å². The van der Waals surface area contributed by atoms with E-state index in [0.29, 0.717) is 0 Å². The molecule has 0 bridgehead atoms. The van der Waals surface area contributed by atoms with Gasteiger partial charge < -0.3 is 5.32 Å². The van der Waals surface area contributed by atoms with Crippen LogP contribution in [0.5, 0.6) is 0 Å². The van der Waals surface area contributed by atoms with Crippen LogP contribution in [0.3, 0.4) is 0 Å². The minimum absolute atomic E-state index is 0.123. The summed E-state index contributed by atoms with van der Waals surface area (Å²) in [7, 11) is 0. The summed E-state index contributed by atoms with van der Waals surface area (Å²) >= 11 is 3.49. The molecule has 14 heavy (non-hydrogen) atoms. The average Bonchev–Trinajstić information content (AvgIpc) is 2.16. The molecule has 0 saturated carbocycles. The number of nitrogens with one attached hydrogen (secondary N) is 1. The quantitative estimate of drug-likeness (QED) is 0.767. The standard InChI is InChI=1S/C11H12BrNO/c1-11(2)9(13-10(11)14)7-5-3-4-6-8(7)12/h3-6,9H,1-2H3,(H,13,14). The maximum absolute atomic E-state index is 11.3. The first-order valence-corrected chi connectivity index (χ1v) is 5.38. The molecule has 0 aliphatic carbocycles. The third kappa shape index (κ3) is 1.27. The lowest BCUT2D eigenvalue weighted by Gasteiger charge is -2.44. The van der Waals surface area contributed by atoms with Gasteiger partial charge in [-0.15, -0.1) is 0 Å². The lowest BCUT2D eigenvalue weighted by Crippen LogP contribution is -2.58. The van der Waals surface area contributed by atoms with Crippen LogP contribution in [0.4, 0.5) is 0 Å². The van der Waals surface area contributed by atoms with Crippen LogP contribution in [-0.4, -0.2) is 5.91 Å². The summed E-state index contributed by atoms with van der Waals surface area (Å²) in [5.74, 6) is 0.123. The highest BCUT2D eigenvalue weighted by Gasteiger charge is 2.48. The van der Waals surface area contributed by atoms with Gasteiger partial charge in [0.25, 0.3) is 0 Å². The van der Waals surface area contributed by atoms with Crippen LogP contribution in [0.2, 0.25) is 0 Å². The maximum atomic E-state index is 11.3. The zero-order valence-corrected chi connectivity index (χ0v) is 9.76. The van der Waals surface area contributed by atoms with Crippen LogP contribution in [0.1, 0.15) is 25.5 Å². The zero-order chi connectivity index (χ0) is 10.3. The Morgan fingerprint density at radius 3 is 2.50 bits per heavy atom. The Morgan fingerprint density at radius 1 is 1.36 bits per heavy atom. The minimum atomic E-state index is -0.288. The Balaban J connectivity index is 2.35. The van der Waals surface area contributed by atoms with Crippen molar-refractivity contribution in [1.82, 2.24) is 5.32 Å². The molecular formula is C11H12BrNO. The molecule has 74 valence electrons. The van der Waals surface area contributed by atoms with Gasteiger partial charge in [-0.2, -0.15) is 0 Å². The SMILES string of the molecule is CC1(C)C(=O)NC1c1ccccc1Br. The monoisotopic (exact) mass is 253 g/mol. The topological polar surface area (TPSA) is 29.1 Å². The van der Waals surface area contributed by atoms with Gasteiger partial charge in [-0.1, -0.05) is 34.1 Å². The van der Waals surface area contributed by atoms with Crippen LogP contribution in [0.25, 0.3) is 0 Å². The van der Waals surface area contributed by atoms with Gasteiger partial charge in [-0.25, -0.2) is 0 Å². The normalized spacial score (nSPS) is 23.9. The smallest absolute Gasteiger partial charge is 0.228 e. The zero-order valence-electron chi connectivity index (χ0n) is 8.17. The number of carbonyl (C=O) groups is 1. The molecule has 1 fully saturated rings. The van der Waals surface area contributed by atoms with E-state index >= 15 is 0 Å². The van der Waals surface area contributed by atoms with E-state index in [-0.39, 0.29) is 17.4 Å². The number of hydrogen-bond acceptors (Lipinski definition) is 1. The first-order valence-electron chi connectivity index (χ1n) is 4.59. The summed E-state index contributed by atoms with van der Waals surface area (Å²) in [6.07, 6.45) is 0. The minimum Gasteiger partial charge on any atom is -0.348 e. The summed E-state index contributed by atoms with van der Waals surface area (Å²) in [6.45, 7) is 3.94. The predicted molar refractivity (Wildman–Crippen MR) is 58.8 cm³/mol. The molecule has 1 aromatic rings. The molecule has 2 rings (SSSR count). The van der Waals surface area contributed by atoms with Crippen molar-refractivity contribution in [3.63, 3.8) is 0 Å². The molecule has 3 heteroatoms. The van der Waals surface area contributed by atoms with Crippen LogP contribution in [-0.2, 0) is 4.79 Å². The Morgan fingerprint density at radius 2 is 2.00 bits per heavy atom. The summed E-state index contributed by atoms with van der Waals surface area (Å²) in [5, 5.41) is 2.92. The van der Waals surface area contributed by atoms with Crippen molar-refractivity contribution in [2.45, 2.75) is 19.9 Å². The Kier molecular flexibility index (Phi) is 2.14. The highest BCUT2D eigenvalue weighted by molar-refractivity contribution is 9.10. The van der Waals surface area contributed by atoms with E-state index in [1.54, 1.807) is 0 Å². The maximum Gasteiger partial charge on any atom is 0.228 e. The van der Waals surface area contributed by atoms with Gasteiger partial charge in [0.1, 0.15) is 0 Å². The molecule has 1 amide bonds. The van der Waals surface area contributed by atoms with Crippen molar-refractivity contribution in [2.75, 3.05) is 0 Å². The molecule has 1 saturated heterocycles. The van der Waals surface area contributed by atoms with Gasteiger partial charge >= 0.3 is 0 Å². The van der Waals surface area contributed by atoms with E-state index < -0.39 is 0 Å². The first kappa shape index (κ1) is 9.71. The Hall–Kier alpha value is -0.830. The van der Waals surface area contributed by atoms with E-state index in [9.17, 15) is 4.79 Å². The van der Waals surface area contributed by atoms with Crippen molar-refractivity contribution in [3.05, 3.63) is 34.3 Å². The third-order valence-corrected chi connectivity index (χ3v) is 3.52. The van der Waals surface area contributed by atoms with Gasteiger partial charge in [0, 0.05) is 4.47 Å². The molecule has 1 N–H and O–H groups in total. The van der Waals surface area contributed by atoms with Crippen molar-refractivity contribution >= 4 is 21.8 Å². The first-order chi connectivity index (χ1) is 6.53. The molecule has 1 unspecified atom stereocenters. The van der Waals surface area contributed by atoms with E-state index in [1.807, 2.05) is 38.1 Å². The summed E-state index contributed by atoms with van der Waals surface area (Å²) in [4.78, 5) is 11.3. The number of halogens is 1. The van der Waals surface area contributed by atoms with Gasteiger partial charge in [-0.3, -0.25) is 4.79 Å². The van der Waals surface area contributed by atoms with Crippen LogP contribution in [0.15, 0.2) is 28.7 Å². The van der Waals surface area contributed by atoms with Crippen LogP contribution >= 0.6 is 15.9 Å². The molecule has 1 heterocycles. The van der Waals surface area contributed by atoms with Crippen molar-refractivity contribution < 1.29 is 4.79 Å². The summed E-state index contributed by atoms with van der Waals surface area (Å²) < 4.78 is 1.05. The number of hydrogen-bond donors (Lipinski definition) is 1. The van der Waals surface area contributed by atoms with Gasteiger partial charge in [0.05, 0.1) is 11.5 Å². The summed E-state index contributed by atoms with van der Waals surface area (Å²) in [5.41, 5.74) is 0.862. The van der Waals surface area contributed by atoms with Crippen LogP contribution in [0, 0.1) is 5.41 Å². The molecule has 1 atom stereocenters. The highest BCUT2D eigenvalue weighted by Crippen LogP contribution is 2.43. The summed E-state index contributed by atoms with van der Waals surface area (Å²) in [6, 6.07) is 8.12. The van der Waals surface area contributed by atoms with Gasteiger partial charge in [0.2, 0.25) is 5.91 Å². The van der Waals surface area contributed by atoms with Crippen molar-refractivity contribution in [2.24, 2.45) is 5.41 Å². The second kappa shape index (κ2) is 3.09. The number of amides is 1. The fourth-order valence-corrected chi connectivity index (χ4v) is 2.24. The second-order valence-electron chi connectivity index (χ2n) is 4.15. The van der Waals surface area contributed by atoms with Crippen molar-refractivity contribution in [1.29, 1.82) is 0 Å². The third-order valence-electron chi connectivity index (χ3n) is 2.80. The number of rotatable bonds is 1. The molecular weight excluding hydrogens is 242 g/mol. The fourth-order valence-electron chi connectivity index (χ4n) is 1.73. The molecule has 0 aromatic heterocycles.